The highest BCUT2D eigenvalue weighted by Gasteiger charge is 2.13. The van der Waals surface area contributed by atoms with Crippen molar-refractivity contribution < 1.29 is 9.53 Å². The number of ether oxygens (including phenoxy) is 1. The number of rotatable bonds is 8. The number of carbonyl (C=O) groups is 1. The Balaban J connectivity index is 2.57. The molecule has 112 valence electrons. The van der Waals surface area contributed by atoms with Gasteiger partial charge in [-0.1, -0.05) is 6.92 Å². The van der Waals surface area contributed by atoms with Crippen molar-refractivity contribution in [1.29, 1.82) is 0 Å². The smallest absolute Gasteiger partial charge is 0.272 e. The molecule has 5 heteroatoms. The van der Waals surface area contributed by atoms with Crippen LogP contribution in [0.4, 0.5) is 5.69 Å². The first-order valence-corrected chi connectivity index (χ1v) is 7.11. The highest BCUT2D eigenvalue weighted by molar-refractivity contribution is 5.92. The van der Waals surface area contributed by atoms with Gasteiger partial charge in [0.25, 0.3) is 5.91 Å². The van der Waals surface area contributed by atoms with Gasteiger partial charge in [-0.2, -0.15) is 0 Å². The lowest BCUT2D eigenvalue weighted by Gasteiger charge is -2.18. The van der Waals surface area contributed by atoms with Crippen LogP contribution in [0.5, 0.6) is 0 Å². The Hall–Kier alpha value is -1.62. The summed E-state index contributed by atoms with van der Waals surface area (Å²) in [6.07, 6.45) is 2.88. The maximum absolute atomic E-state index is 12.2. The number of aromatic nitrogens is 1. The number of pyridine rings is 1. The summed E-state index contributed by atoms with van der Waals surface area (Å²) in [5.74, 6) is -0.0856. The van der Waals surface area contributed by atoms with Crippen LogP contribution in [-0.4, -0.2) is 48.6 Å². The van der Waals surface area contributed by atoms with Crippen LogP contribution in [0.15, 0.2) is 18.3 Å². The molecule has 0 atom stereocenters. The second-order valence-corrected chi connectivity index (χ2v) is 5.00. The Labute approximate surface area is 121 Å². The summed E-state index contributed by atoms with van der Waals surface area (Å²) >= 11 is 0. The van der Waals surface area contributed by atoms with Crippen molar-refractivity contribution in [1.82, 2.24) is 9.88 Å². The van der Waals surface area contributed by atoms with Crippen LogP contribution < -0.4 is 5.32 Å². The van der Waals surface area contributed by atoms with Gasteiger partial charge in [-0.25, -0.2) is 0 Å². The van der Waals surface area contributed by atoms with Gasteiger partial charge in [0.05, 0.1) is 12.7 Å². The zero-order valence-corrected chi connectivity index (χ0v) is 12.8. The van der Waals surface area contributed by atoms with Gasteiger partial charge in [0, 0.05) is 32.0 Å². The zero-order chi connectivity index (χ0) is 15.0. The Bertz CT molecular complexity index is 421. The molecule has 0 radical (unpaired) electrons. The van der Waals surface area contributed by atoms with Crippen LogP contribution in [-0.2, 0) is 4.74 Å². The van der Waals surface area contributed by atoms with Crippen molar-refractivity contribution in [3.05, 3.63) is 24.0 Å². The predicted octanol–water partition coefficient (Wildman–Crippen LogP) is 2.40. The lowest BCUT2D eigenvalue weighted by atomic mass is 10.3. The van der Waals surface area contributed by atoms with Gasteiger partial charge < -0.3 is 15.0 Å². The summed E-state index contributed by atoms with van der Waals surface area (Å²) in [5.41, 5.74) is 1.38. The van der Waals surface area contributed by atoms with Crippen molar-refractivity contribution in [2.24, 2.45) is 0 Å². The minimum atomic E-state index is -0.0856. The first kappa shape index (κ1) is 16.4. The number of likely N-dealkylation sites (N-methyl/N-ethyl adjacent to an activating group) is 1. The summed E-state index contributed by atoms with van der Waals surface area (Å²) < 4.78 is 5.45. The monoisotopic (exact) mass is 279 g/mol. The van der Waals surface area contributed by atoms with Crippen LogP contribution in [0.1, 0.15) is 37.7 Å². The van der Waals surface area contributed by atoms with E-state index in [1.807, 2.05) is 19.9 Å². The van der Waals surface area contributed by atoms with E-state index in [0.717, 1.165) is 18.7 Å². The Morgan fingerprint density at radius 1 is 1.50 bits per heavy atom. The number of amides is 1. The normalized spacial score (nSPS) is 10.7. The SMILES string of the molecule is CCCNc1ccnc(C(=O)N(C)CCOC(C)C)c1. The highest BCUT2D eigenvalue weighted by Crippen LogP contribution is 2.09. The molecule has 0 bridgehead atoms. The van der Waals surface area contributed by atoms with E-state index >= 15 is 0 Å². The molecular formula is C15H25N3O2. The van der Waals surface area contributed by atoms with Crippen molar-refractivity contribution in [2.45, 2.75) is 33.3 Å². The molecule has 0 aromatic carbocycles. The lowest BCUT2D eigenvalue weighted by molar-refractivity contribution is 0.0529. The van der Waals surface area contributed by atoms with Crippen LogP contribution in [0, 0.1) is 0 Å². The second-order valence-electron chi connectivity index (χ2n) is 5.00. The molecule has 20 heavy (non-hydrogen) atoms. The van der Waals surface area contributed by atoms with E-state index in [4.69, 9.17) is 4.74 Å². The minimum absolute atomic E-state index is 0.0856. The van der Waals surface area contributed by atoms with E-state index in [1.54, 1.807) is 24.2 Å². The molecule has 5 nitrogen and oxygen atoms in total. The number of hydrogen-bond donors (Lipinski definition) is 1. The molecule has 1 aromatic heterocycles. The summed E-state index contributed by atoms with van der Waals surface area (Å²) in [6, 6.07) is 3.66. The Kier molecular flexibility index (Phi) is 7.01. The van der Waals surface area contributed by atoms with Gasteiger partial charge in [-0.15, -0.1) is 0 Å². The average Bonchev–Trinajstić information content (AvgIpc) is 2.44. The molecule has 0 aliphatic heterocycles. The average molecular weight is 279 g/mol. The van der Waals surface area contributed by atoms with Crippen molar-refractivity contribution in [3.63, 3.8) is 0 Å². The maximum atomic E-state index is 12.2. The van der Waals surface area contributed by atoms with Gasteiger partial charge >= 0.3 is 0 Å². The first-order valence-electron chi connectivity index (χ1n) is 7.11. The van der Waals surface area contributed by atoms with Crippen LogP contribution in [0.25, 0.3) is 0 Å². The summed E-state index contributed by atoms with van der Waals surface area (Å²) in [4.78, 5) is 18.0. The minimum Gasteiger partial charge on any atom is -0.385 e. The molecule has 0 aliphatic rings. The number of hydrogen-bond acceptors (Lipinski definition) is 4. The number of anilines is 1. The van der Waals surface area contributed by atoms with Gasteiger partial charge in [-0.3, -0.25) is 9.78 Å². The fraction of sp³-hybridized carbons (Fsp3) is 0.600. The Morgan fingerprint density at radius 2 is 2.25 bits per heavy atom. The van der Waals surface area contributed by atoms with E-state index in [1.165, 1.54) is 0 Å². The van der Waals surface area contributed by atoms with Gasteiger partial charge in [-0.05, 0) is 32.4 Å². The second kappa shape index (κ2) is 8.53. The quantitative estimate of drug-likeness (QED) is 0.794. The molecule has 1 amide bonds. The standard InChI is InChI=1S/C15H25N3O2/c1-5-7-16-13-6-8-17-14(11-13)15(19)18(4)9-10-20-12(2)3/h6,8,11-12H,5,7,9-10H2,1-4H3,(H,16,17). The molecule has 0 spiro atoms. The number of nitrogens with one attached hydrogen (secondary N) is 1. The Morgan fingerprint density at radius 3 is 2.90 bits per heavy atom. The molecule has 0 unspecified atom stereocenters. The largest absolute Gasteiger partial charge is 0.385 e. The van der Waals surface area contributed by atoms with Gasteiger partial charge in [0.15, 0.2) is 0 Å². The third kappa shape index (κ3) is 5.57. The molecule has 1 N–H and O–H groups in total. The highest BCUT2D eigenvalue weighted by atomic mass is 16.5. The summed E-state index contributed by atoms with van der Waals surface area (Å²) in [7, 11) is 1.76. The molecule has 0 saturated carbocycles. The van der Waals surface area contributed by atoms with E-state index in [9.17, 15) is 4.79 Å². The van der Waals surface area contributed by atoms with Gasteiger partial charge in [0.2, 0.25) is 0 Å². The van der Waals surface area contributed by atoms with Crippen molar-refractivity contribution >= 4 is 11.6 Å². The zero-order valence-electron chi connectivity index (χ0n) is 12.8. The maximum Gasteiger partial charge on any atom is 0.272 e. The van der Waals surface area contributed by atoms with E-state index in [0.29, 0.717) is 18.8 Å². The third-order valence-electron chi connectivity index (χ3n) is 2.78. The summed E-state index contributed by atoms with van der Waals surface area (Å²) in [5, 5.41) is 3.25. The molecule has 0 saturated heterocycles. The van der Waals surface area contributed by atoms with E-state index in [2.05, 4.69) is 17.2 Å². The van der Waals surface area contributed by atoms with Crippen molar-refractivity contribution in [2.75, 3.05) is 32.1 Å². The molecule has 0 fully saturated rings. The predicted molar refractivity (Wildman–Crippen MR) is 81.1 cm³/mol. The molecule has 1 aromatic rings. The molecular weight excluding hydrogens is 254 g/mol. The molecule has 1 rings (SSSR count). The van der Waals surface area contributed by atoms with E-state index in [-0.39, 0.29) is 12.0 Å². The fourth-order valence-corrected chi connectivity index (χ4v) is 1.65. The van der Waals surface area contributed by atoms with Crippen LogP contribution in [0.3, 0.4) is 0 Å². The topological polar surface area (TPSA) is 54.5 Å². The fourth-order valence-electron chi connectivity index (χ4n) is 1.65. The lowest BCUT2D eigenvalue weighted by Crippen LogP contribution is -2.31. The summed E-state index contributed by atoms with van der Waals surface area (Å²) in [6.45, 7) is 8.04. The van der Waals surface area contributed by atoms with Crippen LogP contribution in [0.2, 0.25) is 0 Å². The van der Waals surface area contributed by atoms with E-state index < -0.39 is 0 Å². The van der Waals surface area contributed by atoms with Crippen molar-refractivity contribution in [3.8, 4) is 0 Å². The molecule has 1 heterocycles. The first-order chi connectivity index (χ1) is 9.54. The number of carbonyl (C=O) groups excluding carboxylic acids is 1. The third-order valence-corrected chi connectivity index (χ3v) is 2.78. The van der Waals surface area contributed by atoms with Gasteiger partial charge in [0.1, 0.15) is 5.69 Å². The number of nitrogens with zero attached hydrogens (tertiary/aromatic N) is 2. The molecule has 0 aliphatic carbocycles. The van der Waals surface area contributed by atoms with Crippen LogP contribution >= 0.6 is 0 Å².